The van der Waals surface area contributed by atoms with E-state index in [1.807, 2.05) is 13.1 Å². The van der Waals surface area contributed by atoms with Crippen molar-refractivity contribution in [2.45, 2.75) is 19.4 Å². The van der Waals surface area contributed by atoms with Gasteiger partial charge in [-0.05, 0) is 30.5 Å². The van der Waals surface area contributed by atoms with E-state index >= 15 is 0 Å². The predicted molar refractivity (Wildman–Crippen MR) is 109 cm³/mol. The van der Waals surface area contributed by atoms with Crippen molar-refractivity contribution < 1.29 is 4.74 Å². The topological polar surface area (TPSA) is 40.1 Å². The molecule has 6 heteroatoms. The molecule has 1 aliphatic heterocycles. The predicted octanol–water partition coefficient (Wildman–Crippen LogP) is 3.26. The molecule has 25 heavy (non-hydrogen) atoms. The molecule has 0 amide bonds. The molecule has 2 rings (SSSR count). The van der Waals surface area contributed by atoms with Crippen LogP contribution in [-0.4, -0.2) is 57.8 Å². The molecule has 138 valence electrons. The van der Waals surface area contributed by atoms with Crippen LogP contribution in [-0.2, 0) is 11.3 Å². The first kappa shape index (κ1) is 19.8. The van der Waals surface area contributed by atoms with Gasteiger partial charge in [-0.2, -0.15) is 0 Å². The lowest BCUT2D eigenvalue weighted by Crippen LogP contribution is -2.40. The van der Waals surface area contributed by atoms with Crippen molar-refractivity contribution in [2.24, 2.45) is 4.99 Å². The molecule has 0 unspecified atom stereocenters. The van der Waals surface area contributed by atoms with Gasteiger partial charge in [0.05, 0.1) is 13.2 Å². The highest BCUT2D eigenvalue weighted by molar-refractivity contribution is 9.10. The zero-order valence-corrected chi connectivity index (χ0v) is 16.9. The van der Waals surface area contributed by atoms with Crippen LogP contribution >= 0.6 is 15.9 Å². The number of aliphatic imine (C=N–C) groups is 1. The lowest BCUT2D eigenvalue weighted by atomic mass is 10.1. The van der Waals surface area contributed by atoms with Crippen LogP contribution in [0.2, 0.25) is 0 Å². The summed E-state index contributed by atoms with van der Waals surface area (Å²) in [6, 6.07) is 6.46. The largest absolute Gasteiger partial charge is 0.378 e. The number of nitrogens with zero attached hydrogens (tertiary/aromatic N) is 3. The normalized spacial score (nSPS) is 15.2. The zero-order chi connectivity index (χ0) is 18.1. The Morgan fingerprint density at radius 1 is 1.44 bits per heavy atom. The molecule has 0 saturated carbocycles. The summed E-state index contributed by atoms with van der Waals surface area (Å²) in [4.78, 5) is 8.96. The summed E-state index contributed by atoms with van der Waals surface area (Å²) in [6.07, 6.45) is 4.06. The Morgan fingerprint density at radius 3 is 2.88 bits per heavy atom. The van der Waals surface area contributed by atoms with Gasteiger partial charge in [0.15, 0.2) is 5.96 Å². The summed E-state index contributed by atoms with van der Waals surface area (Å²) < 4.78 is 6.58. The molecule has 0 aromatic heterocycles. The number of benzene rings is 1. The van der Waals surface area contributed by atoms with Crippen molar-refractivity contribution >= 4 is 27.6 Å². The van der Waals surface area contributed by atoms with Gasteiger partial charge < -0.3 is 19.9 Å². The van der Waals surface area contributed by atoms with Crippen LogP contribution < -0.4 is 10.2 Å². The standard InChI is InChI=1S/C19H29BrN4O/c1-4-5-6-9-23(3)19(21-2)22-15-16-7-8-17(20)14-18(16)24-10-12-25-13-11-24/h4,7-8,14H,1,5-6,9-13,15H2,2-3H3,(H,21,22). The molecule has 0 radical (unpaired) electrons. The molecule has 0 spiro atoms. The smallest absolute Gasteiger partial charge is 0.193 e. The third kappa shape index (κ3) is 6.04. The molecule has 5 nitrogen and oxygen atoms in total. The van der Waals surface area contributed by atoms with Crippen molar-refractivity contribution in [3.05, 3.63) is 40.9 Å². The summed E-state index contributed by atoms with van der Waals surface area (Å²) in [5.41, 5.74) is 2.53. The van der Waals surface area contributed by atoms with Crippen LogP contribution in [0.1, 0.15) is 18.4 Å². The number of hydrogen-bond donors (Lipinski definition) is 1. The van der Waals surface area contributed by atoms with Crippen LogP contribution in [0, 0.1) is 0 Å². The van der Waals surface area contributed by atoms with Crippen LogP contribution in [0.15, 0.2) is 40.3 Å². The van der Waals surface area contributed by atoms with Gasteiger partial charge in [-0.1, -0.05) is 28.1 Å². The molecule has 1 N–H and O–H groups in total. The Hall–Kier alpha value is -1.53. The number of anilines is 1. The Labute approximate surface area is 159 Å². The van der Waals surface area contributed by atoms with Crippen LogP contribution in [0.3, 0.4) is 0 Å². The molecular weight excluding hydrogens is 380 g/mol. The minimum Gasteiger partial charge on any atom is -0.378 e. The van der Waals surface area contributed by atoms with Gasteiger partial charge in [0, 0.05) is 50.4 Å². The van der Waals surface area contributed by atoms with E-state index in [1.165, 1.54) is 11.3 Å². The number of hydrogen-bond acceptors (Lipinski definition) is 3. The number of guanidine groups is 1. The number of halogens is 1. The van der Waals surface area contributed by atoms with Crippen molar-refractivity contribution in [1.82, 2.24) is 10.2 Å². The fourth-order valence-corrected chi connectivity index (χ4v) is 3.27. The second-order valence-electron chi connectivity index (χ2n) is 6.13. The number of allylic oxidation sites excluding steroid dienone is 1. The molecule has 0 atom stereocenters. The van der Waals surface area contributed by atoms with E-state index in [0.717, 1.165) is 62.7 Å². The van der Waals surface area contributed by atoms with Gasteiger partial charge in [0.1, 0.15) is 0 Å². The molecule has 1 fully saturated rings. The highest BCUT2D eigenvalue weighted by atomic mass is 79.9. The van der Waals surface area contributed by atoms with E-state index in [4.69, 9.17) is 4.74 Å². The second-order valence-corrected chi connectivity index (χ2v) is 7.04. The Kier molecular flexibility index (Phi) is 8.28. The van der Waals surface area contributed by atoms with E-state index in [-0.39, 0.29) is 0 Å². The first-order valence-corrected chi connectivity index (χ1v) is 9.58. The minimum atomic E-state index is 0.748. The number of rotatable bonds is 7. The van der Waals surface area contributed by atoms with Crippen LogP contribution in [0.4, 0.5) is 5.69 Å². The highest BCUT2D eigenvalue weighted by Crippen LogP contribution is 2.26. The number of morpholine rings is 1. The summed E-state index contributed by atoms with van der Waals surface area (Å²) >= 11 is 3.60. The quantitative estimate of drug-likeness (QED) is 0.325. The van der Waals surface area contributed by atoms with E-state index in [2.05, 4.69) is 67.9 Å². The summed E-state index contributed by atoms with van der Waals surface area (Å²) in [7, 11) is 3.90. The molecule has 1 saturated heterocycles. The Bertz CT molecular complexity index is 585. The molecule has 0 bridgehead atoms. The maximum absolute atomic E-state index is 5.48. The van der Waals surface area contributed by atoms with E-state index in [1.54, 1.807) is 0 Å². The molecule has 1 aromatic carbocycles. The van der Waals surface area contributed by atoms with Crippen molar-refractivity contribution in [1.29, 1.82) is 0 Å². The maximum Gasteiger partial charge on any atom is 0.193 e. The van der Waals surface area contributed by atoms with E-state index in [9.17, 15) is 0 Å². The van der Waals surface area contributed by atoms with Crippen LogP contribution in [0.25, 0.3) is 0 Å². The second kappa shape index (κ2) is 10.5. The highest BCUT2D eigenvalue weighted by Gasteiger charge is 2.16. The van der Waals surface area contributed by atoms with Gasteiger partial charge in [0.25, 0.3) is 0 Å². The van der Waals surface area contributed by atoms with Gasteiger partial charge >= 0.3 is 0 Å². The van der Waals surface area contributed by atoms with Crippen molar-refractivity contribution in [3.63, 3.8) is 0 Å². The number of ether oxygens (including phenoxy) is 1. The summed E-state index contributed by atoms with van der Waals surface area (Å²) in [5.74, 6) is 0.917. The monoisotopic (exact) mass is 408 g/mol. The Morgan fingerprint density at radius 2 is 2.20 bits per heavy atom. The van der Waals surface area contributed by atoms with Gasteiger partial charge in [-0.15, -0.1) is 6.58 Å². The van der Waals surface area contributed by atoms with Gasteiger partial charge in [0.2, 0.25) is 0 Å². The average Bonchev–Trinajstić information content (AvgIpc) is 2.64. The lowest BCUT2D eigenvalue weighted by Gasteiger charge is -2.31. The first-order chi connectivity index (χ1) is 12.2. The zero-order valence-electron chi connectivity index (χ0n) is 15.3. The third-order valence-electron chi connectivity index (χ3n) is 4.31. The first-order valence-electron chi connectivity index (χ1n) is 8.79. The SMILES string of the molecule is C=CCCCN(C)C(=NC)NCc1ccc(Br)cc1N1CCOCC1. The van der Waals surface area contributed by atoms with E-state index in [0.29, 0.717) is 0 Å². The molecule has 0 aliphatic carbocycles. The molecule has 1 aliphatic rings. The van der Waals surface area contributed by atoms with E-state index < -0.39 is 0 Å². The van der Waals surface area contributed by atoms with Gasteiger partial charge in [-0.25, -0.2) is 0 Å². The summed E-state index contributed by atoms with van der Waals surface area (Å²) in [5, 5.41) is 3.49. The van der Waals surface area contributed by atoms with Crippen molar-refractivity contribution in [2.75, 3.05) is 51.8 Å². The van der Waals surface area contributed by atoms with Gasteiger partial charge in [-0.3, -0.25) is 4.99 Å². The van der Waals surface area contributed by atoms with Crippen LogP contribution in [0.5, 0.6) is 0 Å². The average molecular weight is 409 g/mol. The number of nitrogens with one attached hydrogen (secondary N) is 1. The molecular formula is C19H29BrN4O. The molecule has 1 heterocycles. The minimum absolute atomic E-state index is 0.748. The third-order valence-corrected chi connectivity index (χ3v) is 4.80. The van der Waals surface area contributed by atoms with Crippen molar-refractivity contribution in [3.8, 4) is 0 Å². The fourth-order valence-electron chi connectivity index (χ4n) is 2.92. The lowest BCUT2D eigenvalue weighted by molar-refractivity contribution is 0.122. The maximum atomic E-state index is 5.48. The number of unbranched alkanes of at least 4 members (excludes halogenated alkanes) is 1. The fraction of sp³-hybridized carbons (Fsp3) is 0.526. The summed E-state index contributed by atoms with van der Waals surface area (Å²) in [6.45, 7) is 8.92. The Balaban J connectivity index is 2.02. The molecule has 1 aromatic rings.